The van der Waals surface area contributed by atoms with Crippen LogP contribution in [0.4, 0.5) is 18.9 Å². The molecule has 0 spiro atoms. The number of aliphatic hydroxyl groups is 1. The van der Waals surface area contributed by atoms with Gasteiger partial charge < -0.3 is 15.6 Å². The number of nitrogens with two attached hydrogens (primary N) is 1. The predicted octanol–water partition coefficient (Wildman–Crippen LogP) is 3.90. The molecule has 0 aliphatic carbocycles. The fraction of sp³-hybridized carbons (Fsp3) is 0.143. The quantitative estimate of drug-likeness (QED) is 0.844. The maximum atomic E-state index is 12.4. The number of hydrogen-bond donors (Lipinski definition) is 2. The van der Waals surface area contributed by atoms with Gasteiger partial charge in [-0.15, -0.1) is 13.2 Å². The average molecular weight is 318 g/mol. The molecule has 3 N–H and O–H groups in total. The van der Waals surface area contributed by atoms with Crippen LogP contribution in [0.1, 0.15) is 17.2 Å². The number of aliphatic hydroxyl groups excluding tert-OH is 1. The van der Waals surface area contributed by atoms with Gasteiger partial charge in [0.2, 0.25) is 0 Å². The van der Waals surface area contributed by atoms with Crippen LogP contribution in [0.5, 0.6) is 5.75 Å². The molecule has 0 bridgehead atoms. The molecule has 1 atom stereocenters. The highest BCUT2D eigenvalue weighted by Gasteiger charge is 2.33. The summed E-state index contributed by atoms with van der Waals surface area (Å²) in [6.45, 7) is 0. The van der Waals surface area contributed by atoms with Gasteiger partial charge in [-0.1, -0.05) is 29.8 Å². The number of ether oxygens (including phenoxy) is 1. The van der Waals surface area contributed by atoms with E-state index in [1.54, 1.807) is 0 Å². The third-order valence-corrected chi connectivity index (χ3v) is 3.02. The van der Waals surface area contributed by atoms with Crippen LogP contribution >= 0.6 is 11.6 Å². The summed E-state index contributed by atoms with van der Waals surface area (Å²) < 4.78 is 41.1. The molecule has 0 radical (unpaired) electrons. The van der Waals surface area contributed by atoms with Crippen molar-refractivity contribution in [2.45, 2.75) is 12.5 Å². The Bertz CT molecular complexity index is 646. The minimum absolute atomic E-state index is 0.0520. The molecular weight excluding hydrogens is 307 g/mol. The first-order valence-electron chi connectivity index (χ1n) is 5.85. The van der Waals surface area contributed by atoms with Gasteiger partial charge in [0.15, 0.2) is 0 Å². The van der Waals surface area contributed by atoms with Gasteiger partial charge in [-0.25, -0.2) is 0 Å². The van der Waals surface area contributed by atoms with Crippen molar-refractivity contribution < 1.29 is 23.0 Å². The summed E-state index contributed by atoms with van der Waals surface area (Å²) >= 11 is 5.82. The van der Waals surface area contributed by atoms with Crippen LogP contribution in [0.15, 0.2) is 42.5 Å². The highest BCUT2D eigenvalue weighted by atomic mass is 35.5. The molecule has 2 aromatic carbocycles. The number of hydrogen-bond acceptors (Lipinski definition) is 3. The van der Waals surface area contributed by atoms with Crippen LogP contribution < -0.4 is 10.5 Å². The van der Waals surface area contributed by atoms with Gasteiger partial charge in [-0.3, -0.25) is 0 Å². The van der Waals surface area contributed by atoms with Crippen molar-refractivity contribution in [1.82, 2.24) is 0 Å². The van der Waals surface area contributed by atoms with Gasteiger partial charge in [-0.2, -0.15) is 0 Å². The Hall–Kier alpha value is -1.92. The lowest BCUT2D eigenvalue weighted by atomic mass is 9.99. The molecule has 112 valence electrons. The van der Waals surface area contributed by atoms with Gasteiger partial charge in [0.25, 0.3) is 0 Å². The van der Waals surface area contributed by atoms with E-state index in [2.05, 4.69) is 4.74 Å². The normalized spacial score (nSPS) is 13.0. The molecule has 2 aromatic rings. The molecule has 21 heavy (non-hydrogen) atoms. The number of para-hydroxylation sites is 1. The fourth-order valence-corrected chi connectivity index (χ4v) is 2.05. The van der Waals surface area contributed by atoms with Gasteiger partial charge in [0.1, 0.15) is 11.9 Å². The number of alkyl halides is 3. The minimum atomic E-state index is -4.85. The third-order valence-electron chi connectivity index (χ3n) is 2.78. The van der Waals surface area contributed by atoms with Crippen molar-refractivity contribution in [3.05, 3.63) is 58.6 Å². The van der Waals surface area contributed by atoms with Crippen molar-refractivity contribution in [1.29, 1.82) is 0 Å². The van der Waals surface area contributed by atoms with Crippen LogP contribution in [0.2, 0.25) is 5.02 Å². The highest BCUT2D eigenvalue weighted by molar-refractivity contribution is 6.30. The van der Waals surface area contributed by atoms with E-state index in [1.165, 1.54) is 36.4 Å². The Labute approximate surface area is 123 Å². The van der Waals surface area contributed by atoms with Crippen LogP contribution in [0, 0.1) is 0 Å². The maximum Gasteiger partial charge on any atom is 0.573 e. The predicted molar refractivity (Wildman–Crippen MR) is 73.1 cm³/mol. The summed E-state index contributed by atoms with van der Waals surface area (Å²) in [7, 11) is 0. The molecule has 0 aliphatic rings. The lowest BCUT2D eigenvalue weighted by Crippen LogP contribution is -2.19. The highest BCUT2D eigenvalue weighted by Crippen LogP contribution is 2.36. The lowest BCUT2D eigenvalue weighted by molar-refractivity contribution is -0.275. The number of benzene rings is 2. The molecule has 2 rings (SSSR count). The molecule has 7 heteroatoms. The fourth-order valence-electron chi connectivity index (χ4n) is 1.87. The minimum Gasteiger partial charge on any atom is -0.405 e. The molecule has 3 nitrogen and oxygen atoms in total. The van der Waals surface area contributed by atoms with Gasteiger partial charge >= 0.3 is 6.36 Å². The van der Waals surface area contributed by atoms with Crippen molar-refractivity contribution in [2.75, 3.05) is 5.73 Å². The van der Waals surface area contributed by atoms with Gasteiger partial charge in [-0.05, 0) is 24.3 Å². The number of nitrogen functional groups attached to an aromatic ring is 1. The second-order valence-corrected chi connectivity index (χ2v) is 4.70. The van der Waals surface area contributed by atoms with E-state index in [-0.39, 0.29) is 16.8 Å². The topological polar surface area (TPSA) is 55.5 Å². The van der Waals surface area contributed by atoms with E-state index < -0.39 is 18.2 Å². The number of rotatable bonds is 3. The Balaban J connectivity index is 2.44. The van der Waals surface area contributed by atoms with Crippen molar-refractivity contribution in [3.63, 3.8) is 0 Å². The van der Waals surface area contributed by atoms with Crippen LogP contribution in [0.25, 0.3) is 0 Å². The molecule has 0 fully saturated rings. The van der Waals surface area contributed by atoms with Gasteiger partial charge in [0, 0.05) is 21.8 Å². The Morgan fingerprint density at radius 1 is 1.10 bits per heavy atom. The SMILES string of the molecule is Nc1ccc(Cl)cc1C(O)c1ccccc1OC(F)(F)F. The Kier molecular flexibility index (Phi) is 4.29. The van der Waals surface area contributed by atoms with E-state index >= 15 is 0 Å². The molecule has 0 saturated carbocycles. The smallest absolute Gasteiger partial charge is 0.405 e. The first kappa shape index (κ1) is 15.5. The number of halogens is 4. The standard InChI is InChI=1S/C14H11ClF3NO2/c15-8-5-6-11(19)10(7-8)13(20)9-3-1-2-4-12(9)21-14(16,17)18/h1-7,13,20H,19H2. The van der Waals surface area contributed by atoms with E-state index in [1.807, 2.05) is 0 Å². The lowest BCUT2D eigenvalue weighted by Gasteiger charge is -2.18. The largest absolute Gasteiger partial charge is 0.573 e. The van der Waals surface area contributed by atoms with Crippen LogP contribution in [0.3, 0.4) is 0 Å². The van der Waals surface area contributed by atoms with Crippen molar-refractivity contribution in [2.24, 2.45) is 0 Å². The summed E-state index contributed by atoms with van der Waals surface area (Å²) in [6, 6.07) is 9.69. The zero-order valence-electron chi connectivity index (χ0n) is 10.6. The first-order chi connectivity index (χ1) is 9.78. The summed E-state index contributed by atoms with van der Waals surface area (Å²) in [5.41, 5.74) is 6.10. The summed E-state index contributed by atoms with van der Waals surface area (Å²) in [6.07, 6.45) is -6.24. The number of anilines is 1. The Morgan fingerprint density at radius 2 is 1.76 bits per heavy atom. The van der Waals surface area contributed by atoms with Crippen LogP contribution in [-0.4, -0.2) is 11.5 Å². The summed E-state index contributed by atoms with van der Waals surface area (Å²) in [5.74, 6) is -0.489. The monoisotopic (exact) mass is 317 g/mol. The maximum absolute atomic E-state index is 12.4. The van der Waals surface area contributed by atoms with Gasteiger partial charge in [0.05, 0.1) is 0 Å². The zero-order chi connectivity index (χ0) is 15.6. The Morgan fingerprint density at radius 3 is 2.43 bits per heavy atom. The molecule has 0 saturated heterocycles. The first-order valence-corrected chi connectivity index (χ1v) is 6.23. The molecular formula is C14H11ClF3NO2. The third kappa shape index (κ3) is 3.80. The van der Waals surface area contributed by atoms with E-state index in [0.717, 1.165) is 6.07 Å². The van der Waals surface area contributed by atoms with Crippen LogP contribution in [-0.2, 0) is 0 Å². The second-order valence-electron chi connectivity index (χ2n) is 4.26. The van der Waals surface area contributed by atoms with Crippen molar-refractivity contribution >= 4 is 17.3 Å². The van der Waals surface area contributed by atoms with E-state index in [9.17, 15) is 18.3 Å². The average Bonchev–Trinajstić information content (AvgIpc) is 2.39. The zero-order valence-corrected chi connectivity index (χ0v) is 11.3. The molecule has 0 aromatic heterocycles. The molecule has 0 amide bonds. The summed E-state index contributed by atoms with van der Waals surface area (Å²) in [4.78, 5) is 0. The van der Waals surface area contributed by atoms with E-state index in [4.69, 9.17) is 17.3 Å². The molecule has 0 aliphatic heterocycles. The molecule has 1 unspecified atom stereocenters. The second kappa shape index (κ2) is 5.83. The van der Waals surface area contributed by atoms with E-state index in [0.29, 0.717) is 5.02 Å². The molecule has 0 heterocycles. The van der Waals surface area contributed by atoms with Crippen molar-refractivity contribution in [3.8, 4) is 5.75 Å². The summed E-state index contributed by atoms with van der Waals surface area (Å²) in [5, 5.41) is 10.6.